The summed E-state index contributed by atoms with van der Waals surface area (Å²) in [4.78, 5) is 4.42. The molecular formula is C18H18N2O. The molecule has 0 saturated carbocycles. The molecule has 106 valence electrons. The van der Waals surface area contributed by atoms with Gasteiger partial charge >= 0.3 is 0 Å². The summed E-state index contributed by atoms with van der Waals surface area (Å²) in [5, 5.41) is 5.55. The van der Waals surface area contributed by atoms with Crippen LogP contribution in [0.4, 0.5) is 0 Å². The average molecular weight is 278 g/mol. The summed E-state index contributed by atoms with van der Waals surface area (Å²) in [5.41, 5.74) is 1.00. The Bertz CT molecular complexity index is 738. The number of hydrogen-bond acceptors (Lipinski definition) is 3. The second kappa shape index (κ2) is 5.94. The molecule has 1 aromatic heterocycles. The molecule has 0 radical (unpaired) electrons. The van der Waals surface area contributed by atoms with Crippen LogP contribution < -0.4 is 10.1 Å². The number of nitrogens with zero attached hydrogens (tertiary/aromatic N) is 1. The van der Waals surface area contributed by atoms with Gasteiger partial charge in [-0.2, -0.15) is 0 Å². The minimum atomic E-state index is 0.236. The molecule has 3 nitrogen and oxygen atoms in total. The van der Waals surface area contributed by atoms with Crippen molar-refractivity contribution in [3.05, 3.63) is 66.5 Å². The Morgan fingerprint density at radius 2 is 1.71 bits per heavy atom. The number of hydrogen-bond donors (Lipinski definition) is 1. The zero-order valence-corrected chi connectivity index (χ0v) is 12.2. The minimum Gasteiger partial charge on any atom is -0.456 e. The minimum absolute atomic E-state index is 0.236. The Morgan fingerprint density at radius 1 is 0.952 bits per heavy atom. The molecule has 1 heterocycles. The van der Waals surface area contributed by atoms with E-state index in [0.29, 0.717) is 0 Å². The second-order valence-corrected chi connectivity index (χ2v) is 5.04. The Balaban J connectivity index is 1.81. The zero-order chi connectivity index (χ0) is 14.7. The highest BCUT2D eigenvalue weighted by Gasteiger charge is 2.05. The Kier molecular flexibility index (Phi) is 3.84. The number of fused-ring (bicyclic) bond motifs is 1. The third kappa shape index (κ3) is 3.03. The lowest BCUT2D eigenvalue weighted by atomic mass is 10.1. The van der Waals surface area contributed by atoms with Crippen LogP contribution in [0.1, 0.15) is 18.7 Å². The molecule has 1 N–H and O–H groups in total. The molecule has 1 unspecified atom stereocenters. The van der Waals surface area contributed by atoms with Gasteiger partial charge in [-0.15, -0.1) is 0 Å². The highest BCUT2D eigenvalue weighted by molar-refractivity contribution is 5.83. The summed E-state index contributed by atoms with van der Waals surface area (Å²) < 4.78 is 5.87. The van der Waals surface area contributed by atoms with Crippen molar-refractivity contribution in [2.75, 3.05) is 7.05 Å². The van der Waals surface area contributed by atoms with E-state index in [4.69, 9.17) is 4.74 Å². The average Bonchev–Trinajstić information content (AvgIpc) is 2.55. The molecule has 3 rings (SSSR count). The van der Waals surface area contributed by atoms with Crippen molar-refractivity contribution >= 4 is 10.8 Å². The normalized spacial score (nSPS) is 12.3. The molecule has 3 aromatic rings. The van der Waals surface area contributed by atoms with Crippen LogP contribution in [0.25, 0.3) is 10.8 Å². The van der Waals surface area contributed by atoms with Gasteiger partial charge in [0.05, 0.1) is 11.9 Å². The van der Waals surface area contributed by atoms with E-state index in [9.17, 15) is 0 Å². The van der Waals surface area contributed by atoms with Gasteiger partial charge in [-0.05, 0) is 49.0 Å². The smallest absolute Gasteiger partial charge is 0.145 e. The first kappa shape index (κ1) is 13.6. The summed E-state index contributed by atoms with van der Waals surface area (Å²) in [6, 6.07) is 18.5. The number of benzene rings is 2. The Morgan fingerprint density at radius 3 is 2.43 bits per heavy atom. The van der Waals surface area contributed by atoms with Gasteiger partial charge < -0.3 is 10.1 Å². The van der Waals surface area contributed by atoms with E-state index in [1.165, 1.54) is 10.8 Å². The van der Waals surface area contributed by atoms with E-state index < -0.39 is 0 Å². The lowest BCUT2D eigenvalue weighted by molar-refractivity contribution is 0.479. The van der Waals surface area contributed by atoms with Crippen LogP contribution in [0.15, 0.2) is 60.8 Å². The van der Waals surface area contributed by atoms with E-state index >= 15 is 0 Å². The molecule has 0 bridgehead atoms. The molecule has 0 fully saturated rings. The van der Waals surface area contributed by atoms with Crippen molar-refractivity contribution in [2.45, 2.75) is 13.0 Å². The number of rotatable bonds is 4. The summed E-state index contributed by atoms with van der Waals surface area (Å²) in [6.45, 7) is 2.08. The van der Waals surface area contributed by atoms with Gasteiger partial charge in [0.2, 0.25) is 0 Å². The van der Waals surface area contributed by atoms with Gasteiger partial charge in [-0.25, -0.2) is 0 Å². The van der Waals surface area contributed by atoms with E-state index in [-0.39, 0.29) is 6.04 Å². The summed E-state index contributed by atoms with van der Waals surface area (Å²) >= 11 is 0. The van der Waals surface area contributed by atoms with Crippen LogP contribution in [0.5, 0.6) is 11.5 Å². The monoisotopic (exact) mass is 278 g/mol. The molecule has 21 heavy (non-hydrogen) atoms. The lowest BCUT2D eigenvalue weighted by Crippen LogP contribution is -2.13. The standard InChI is InChI=1S/C18H18N2O/c1-13(19-2)18-10-9-17(12-20-18)21-16-8-7-14-5-3-4-6-15(14)11-16/h3-13,19H,1-2H3. The molecule has 0 aliphatic heterocycles. The number of pyridine rings is 1. The maximum Gasteiger partial charge on any atom is 0.145 e. The van der Waals surface area contributed by atoms with Crippen LogP contribution >= 0.6 is 0 Å². The molecule has 0 spiro atoms. The first-order chi connectivity index (χ1) is 10.3. The zero-order valence-electron chi connectivity index (χ0n) is 12.2. The van der Waals surface area contributed by atoms with Crippen molar-refractivity contribution in [1.29, 1.82) is 0 Å². The fraction of sp³-hybridized carbons (Fsp3) is 0.167. The summed E-state index contributed by atoms with van der Waals surface area (Å²) in [5.74, 6) is 1.57. The van der Waals surface area contributed by atoms with Gasteiger partial charge in [0.1, 0.15) is 11.5 Å². The van der Waals surface area contributed by atoms with Crippen LogP contribution in [0.2, 0.25) is 0 Å². The molecule has 0 aliphatic carbocycles. The van der Waals surface area contributed by atoms with Gasteiger partial charge in [0, 0.05) is 6.04 Å². The van der Waals surface area contributed by atoms with Crippen LogP contribution in [0.3, 0.4) is 0 Å². The largest absolute Gasteiger partial charge is 0.456 e. The van der Waals surface area contributed by atoms with Crippen molar-refractivity contribution in [3.8, 4) is 11.5 Å². The molecule has 1 atom stereocenters. The number of aromatic nitrogens is 1. The van der Waals surface area contributed by atoms with Crippen molar-refractivity contribution in [1.82, 2.24) is 10.3 Å². The van der Waals surface area contributed by atoms with E-state index in [1.54, 1.807) is 6.20 Å². The molecule has 0 aliphatic rings. The fourth-order valence-corrected chi connectivity index (χ4v) is 2.22. The molecule has 3 heteroatoms. The lowest BCUT2D eigenvalue weighted by Gasteiger charge is -2.11. The maximum absolute atomic E-state index is 5.87. The third-order valence-electron chi connectivity index (χ3n) is 3.59. The van der Waals surface area contributed by atoms with E-state index in [2.05, 4.69) is 35.4 Å². The van der Waals surface area contributed by atoms with Gasteiger partial charge in [0.25, 0.3) is 0 Å². The summed E-state index contributed by atoms with van der Waals surface area (Å²) in [7, 11) is 1.92. The fourth-order valence-electron chi connectivity index (χ4n) is 2.22. The molecule has 0 saturated heterocycles. The highest BCUT2D eigenvalue weighted by Crippen LogP contribution is 2.25. The third-order valence-corrected chi connectivity index (χ3v) is 3.59. The van der Waals surface area contributed by atoms with E-state index in [1.807, 2.05) is 43.4 Å². The molecular weight excluding hydrogens is 260 g/mol. The van der Waals surface area contributed by atoms with Crippen LogP contribution in [-0.2, 0) is 0 Å². The molecule has 0 amide bonds. The SMILES string of the molecule is CNC(C)c1ccc(Oc2ccc3ccccc3c2)cn1. The second-order valence-electron chi connectivity index (χ2n) is 5.04. The predicted octanol–water partition coefficient (Wildman–Crippen LogP) is 4.31. The maximum atomic E-state index is 5.87. The first-order valence-electron chi connectivity index (χ1n) is 7.06. The molecule has 2 aromatic carbocycles. The predicted molar refractivity (Wildman–Crippen MR) is 85.7 cm³/mol. The summed E-state index contributed by atoms with van der Waals surface area (Å²) in [6.07, 6.45) is 1.76. The Hall–Kier alpha value is -2.39. The van der Waals surface area contributed by atoms with Crippen molar-refractivity contribution < 1.29 is 4.74 Å². The number of nitrogens with one attached hydrogen (secondary N) is 1. The van der Waals surface area contributed by atoms with Gasteiger partial charge in [0.15, 0.2) is 0 Å². The number of ether oxygens (including phenoxy) is 1. The quantitative estimate of drug-likeness (QED) is 0.772. The van der Waals surface area contributed by atoms with Gasteiger partial charge in [-0.1, -0.05) is 30.3 Å². The van der Waals surface area contributed by atoms with Crippen molar-refractivity contribution in [2.24, 2.45) is 0 Å². The topological polar surface area (TPSA) is 34.1 Å². The van der Waals surface area contributed by atoms with Gasteiger partial charge in [-0.3, -0.25) is 4.98 Å². The van der Waals surface area contributed by atoms with Crippen molar-refractivity contribution in [3.63, 3.8) is 0 Å². The van der Waals surface area contributed by atoms with Crippen LogP contribution in [-0.4, -0.2) is 12.0 Å². The first-order valence-corrected chi connectivity index (χ1v) is 7.06. The Labute approximate surface area is 124 Å². The highest BCUT2D eigenvalue weighted by atomic mass is 16.5. The van der Waals surface area contributed by atoms with E-state index in [0.717, 1.165) is 17.2 Å². The van der Waals surface area contributed by atoms with Crippen LogP contribution in [0, 0.1) is 0 Å².